The molecular weight excluding hydrogens is 208 g/mol. The van der Waals surface area contributed by atoms with Gasteiger partial charge < -0.3 is 15.2 Å². The van der Waals surface area contributed by atoms with Crippen LogP contribution in [-0.4, -0.2) is 24.4 Å². The molecular formula is C11H12N2O3. The second-order valence-electron chi connectivity index (χ2n) is 3.07. The number of ether oxygens (including phenoxy) is 1. The van der Waals surface area contributed by atoms with E-state index in [-0.39, 0.29) is 0 Å². The van der Waals surface area contributed by atoms with Crippen LogP contribution in [0.4, 0.5) is 4.79 Å². The average Bonchev–Trinajstić information content (AvgIpc) is 2.28. The quantitative estimate of drug-likeness (QED) is 0.738. The van der Waals surface area contributed by atoms with Gasteiger partial charge in [-0.3, -0.25) is 0 Å². The Morgan fingerprint density at radius 3 is 3.06 bits per heavy atom. The van der Waals surface area contributed by atoms with E-state index in [1.54, 1.807) is 24.3 Å². The van der Waals surface area contributed by atoms with Crippen molar-refractivity contribution in [2.75, 3.05) is 13.2 Å². The number of benzene rings is 1. The fourth-order valence-electron chi connectivity index (χ4n) is 1.11. The molecule has 16 heavy (non-hydrogen) atoms. The SMILES string of the molecule is N#Cc1cccc(OCCCNC(=O)O)c1. The molecule has 1 aromatic rings. The molecule has 0 aliphatic rings. The highest BCUT2D eigenvalue weighted by molar-refractivity contribution is 5.64. The molecule has 0 aromatic heterocycles. The second kappa shape index (κ2) is 6.30. The van der Waals surface area contributed by atoms with Gasteiger partial charge in [-0.05, 0) is 24.6 Å². The smallest absolute Gasteiger partial charge is 0.404 e. The van der Waals surface area contributed by atoms with Crippen molar-refractivity contribution in [3.05, 3.63) is 29.8 Å². The highest BCUT2D eigenvalue weighted by Crippen LogP contribution is 2.12. The Labute approximate surface area is 93.3 Å². The van der Waals surface area contributed by atoms with Crippen molar-refractivity contribution < 1.29 is 14.6 Å². The molecule has 0 bridgehead atoms. The summed E-state index contributed by atoms with van der Waals surface area (Å²) in [4.78, 5) is 10.1. The van der Waals surface area contributed by atoms with Crippen molar-refractivity contribution in [3.8, 4) is 11.8 Å². The van der Waals surface area contributed by atoms with Crippen LogP contribution in [-0.2, 0) is 0 Å². The summed E-state index contributed by atoms with van der Waals surface area (Å²) in [5, 5.41) is 19.2. The molecule has 1 rings (SSSR count). The van der Waals surface area contributed by atoms with Gasteiger partial charge in [0.15, 0.2) is 0 Å². The van der Waals surface area contributed by atoms with Crippen LogP contribution in [0.15, 0.2) is 24.3 Å². The molecule has 0 aliphatic heterocycles. The summed E-state index contributed by atoms with van der Waals surface area (Å²) in [5.41, 5.74) is 0.543. The minimum Gasteiger partial charge on any atom is -0.493 e. The molecule has 5 heteroatoms. The first-order valence-electron chi connectivity index (χ1n) is 4.82. The van der Waals surface area contributed by atoms with E-state index in [9.17, 15) is 4.79 Å². The van der Waals surface area contributed by atoms with E-state index in [1.165, 1.54) is 0 Å². The third-order valence-electron chi connectivity index (χ3n) is 1.83. The molecule has 0 unspecified atom stereocenters. The average molecular weight is 220 g/mol. The lowest BCUT2D eigenvalue weighted by molar-refractivity contribution is 0.193. The van der Waals surface area contributed by atoms with Gasteiger partial charge >= 0.3 is 6.09 Å². The number of nitriles is 1. The zero-order chi connectivity index (χ0) is 11.8. The fourth-order valence-corrected chi connectivity index (χ4v) is 1.11. The zero-order valence-corrected chi connectivity index (χ0v) is 8.64. The summed E-state index contributed by atoms with van der Waals surface area (Å²) < 4.78 is 5.35. The molecule has 0 aliphatic carbocycles. The Morgan fingerprint density at radius 2 is 2.38 bits per heavy atom. The highest BCUT2D eigenvalue weighted by Gasteiger charge is 1.97. The predicted octanol–water partition coefficient (Wildman–Crippen LogP) is 1.59. The topological polar surface area (TPSA) is 82.3 Å². The fraction of sp³-hybridized carbons (Fsp3) is 0.273. The lowest BCUT2D eigenvalue weighted by Gasteiger charge is -2.05. The number of rotatable bonds is 5. The van der Waals surface area contributed by atoms with E-state index in [1.807, 2.05) is 6.07 Å². The molecule has 0 spiro atoms. The van der Waals surface area contributed by atoms with Gasteiger partial charge in [0.2, 0.25) is 0 Å². The number of nitrogens with one attached hydrogen (secondary N) is 1. The van der Waals surface area contributed by atoms with E-state index in [0.29, 0.717) is 30.9 Å². The molecule has 5 nitrogen and oxygen atoms in total. The maximum absolute atomic E-state index is 10.1. The van der Waals surface area contributed by atoms with Crippen molar-refractivity contribution in [3.63, 3.8) is 0 Å². The molecule has 1 amide bonds. The highest BCUT2D eigenvalue weighted by atomic mass is 16.5. The number of carboxylic acid groups (broad SMARTS) is 1. The Bertz CT molecular complexity index is 398. The van der Waals surface area contributed by atoms with Crippen LogP contribution in [0.2, 0.25) is 0 Å². The van der Waals surface area contributed by atoms with Gasteiger partial charge in [-0.1, -0.05) is 6.07 Å². The number of hydrogen-bond acceptors (Lipinski definition) is 3. The molecule has 2 N–H and O–H groups in total. The van der Waals surface area contributed by atoms with Gasteiger partial charge in [0, 0.05) is 6.54 Å². The Balaban J connectivity index is 2.27. The van der Waals surface area contributed by atoms with Crippen molar-refractivity contribution in [2.24, 2.45) is 0 Å². The molecule has 0 heterocycles. The normalized spacial score (nSPS) is 9.19. The van der Waals surface area contributed by atoms with Crippen LogP contribution in [0.5, 0.6) is 5.75 Å². The first-order chi connectivity index (χ1) is 7.72. The van der Waals surface area contributed by atoms with Gasteiger partial charge in [0.1, 0.15) is 5.75 Å². The first-order valence-corrected chi connectivity index (χ1v) is 4.82. The first kappa shape index (κ1) is 11.9. The summed E-state index contributed by atoms with van der Waals surface area (Å²) >= 11 is 0. The monoisotopic (exact) mass is 220 g/mol. The Kier molecular flexibility index (Phi) is 4.67. The standard InChI is InChI=1S/C11H12N2O3/c12-8-9-3-1-4-10(7-9)16-6-2-5-13-11(14)15/h1,3-4,7,13H,2,5-6H2,(H,14,15). The molecule has 0 saturated heterocycles. The minimum absolute atomic E-state index is 0.354. The molecule has 0 fully saturated rings. The third-order valence-corrected chi connectivity index (χ3v) is 1.83. The summed E-state index contributed by atoms with van der Waals surface area (Å²) in [6.45, 7) is 0.766. The van der Waals surface area contributed by atoms with Crippen LogP contribution >= 0.6 is 0 Å². The lowest BCUT2D eigenvalue weighted by atomic mass is 10.2. The van der Waals surface area contributed by atoms with Crippen LogP contribution in [0.25, 0.3) is 0 Å². The van der Waals surface area contributed by atoms with Crippen molar-refractivity contribution in [1.82, 2.24) is 5.32 Å². The predicted molar refractivity (Wildman–Crippen MR) is 57.3 cm³/mol. The van der Waals surface area contributed by atoms with Crippen LogP contribution in [0, 0.1) is 11.3 Å². The summed E-state index contributed by atoms with van der Waals surface area (Å²) in [7, 11) is 0. The van der Waals surface area contributed by atoms with Crippen molar-refractivity contribution in [1.29, 1.82) is 5.26 Å². The number of hydrogen-bond donors (Lipinski definition) is 2. The lowest BCUT2D eigenvalue weighted by Crippen LogP contribution is -2.23. The van der Waals surface area contributed by atoms with Gasteiger partial charge in [-0.2, -0.15) is 5.26 Å². The van der Waals surface area contributed by atoms with E-state index < -0.39 is 6.09 Å². The van der Waals surface area contributed by atoms with Crippen LogP contribution < -0.4 is 10.1 Å². The van der Waals surface area contributed by atoms with Crippen molar-refractivity contribution >= 4 is 6.09 Å². The molecule has 1 aromatic carbocycles. The van der Waals surface area contributed by atoms with Gasteiger partial charge in [0.25, 0.3) is 0 Å². The van der Waals surface area contributed by atoms with E-state index in [0.717, 1.165) is 0 Å². The second-order valence-corrected chi connectivity index (χ2v) is 3.07. The van der Waals surface area contributed by atoms with Crippen molar-refractivity contribution in [2.45, 2.75) is 6.42 Å². The largest absolute Gasteiger partial charge is 0.493 e. The summed E-state index contributed by atoms with van der Waals surface area (Å²) in [5.74, 6) is 0.620. The van der Waals surface area contributed by atoms with E-state index in [2.05, 4.69) is 5.32 Å². The maximum Gasteiger partial charge on any atom is 0.404 e. The van der Waals surface area contributed by atoms with Gasteiger partial charge in [-0.15, -0.1) is 0 Å². The minimum atomic E-state index is -1.04. The van der Waals surface area contributed by atoms with Gasteiger partial charge in [0.05, 0.1) is 18.2 Å². The van der Waals surface area contributed by atoms with Crippen LogP contribution in [0.3, 0.4) is 0 Å². The van der Waals surface area contributed by atoms with E-state index >= 15 is 0 Å². The summed E-state index contributed by atoms with van der Waals surface area (Å²) in [6, 6.07) is 8.85. The maximum atomic E-state index is 10.1. The summed E-state index contributed by atoms with van der Waals surface area (Å²) in [6.07, 6.45) is -0.449. The molecule has 0 atom stereocenters. The molecule has 84 valence electrons. The number of amides is 1. The van der Waals surface area contributed by atoms with Gasteiger partial charge in [-0.25, -0.2) is 4.79 Å². The number of nitrogens with zero attached hydrogens (tertiary/aromatic N) is 1. The molecule has 0 saturated carbocycles. The number of carbonyl (C=O) groups is 1. The molecule has 0 radical (unpaired) electrons. The van der Waals surface area contributed by atoms with Crippen LogP contribution in [0.1, 0.15) is 12.0 Å². The van der Waals surface area contributed by atoms with E-state index in [4.69, 9.17) is 15.1 Å². The Hall–Kier alpha value is -2.22. The Morgan fingerprint density at radius 1 is 1.56 bits per heavy atom. The third kappa shape index (κ3) is 4.33. The zero-order valence-electron chi connectivity index (χ0n) is 8.64.